The number of carbonyl (C=O) groups excluding carboxylic acids is 2. The molecular formula is C21H23NO3. The van der Waals surface area contributed by atoms with Crippen molar-refractivity contribution in [1.29, 1.82) is 5.26 Å². The summed E-state index contributed by atoms with van der Waals surface area (Å²) in [5, 5.41) is 9.16. The number of allylic oxidation sites excluding steroid dienone is 5. The van der Waals surface area contributed by atoms with Gasteiger partial charge in [-0.15, -0.1) is 5.92 Å². The van der Waals surface area contributed by atoms with Gasteiger partial charge in [-0.25, -0.2) is 0 Å². The molecule has 1 saturated carbocycles. The Morgan fingerprint density at radius 2 is 2.08 bits per heavy atom. The molecule has 4 heteroatoms. The summed E-state index contributed by atoms with van der Waals surface area (Å²) < 4.78 is 5.62. The van der Waals surface area contributed by atoms with E-state index in [0.29, 0.717) is 11.1 Å². The van der Waals surface area contributed by atoms with Gasteiger partial charge in [-0.3, -0.25) is 9.59 Å². The Morgan fingerprint density at radius 1 is 1.40 bits per heavy atom. The smallest absolute Gasteiger partial charge is 0.310 e. The van der Waals surface area contributed by atoms with Crippen molar-refractivity contribution in [3.63, 3.8) is 0 Å². The highest BCUT2D eigenvalue weighted by atomic mass is 16.5. The normalized spacial score (nSPS) is 27.8. The third kappa shape index (κ3) is 3.59. The first-order valence-corrected chi connectivity index (χ1v) is 8.39. The molecule has 2 aliphatic carbocycles. The van der Waals surface area contributed by atoms with E-state index in [-0.39, 0.29) is 35.4 Å². The van der Waals surface area contributed by atoms with Crippen LogP contribution in [-0.4, -0.2) is 17.9 Å². The summed E-state index contributed by atoms with van der Waals surface area (Å²) in [7, 11) is 0. The molecule has 4 nitrogen and oxygen atoms in total. The minimum atomic E-state index is -0.525. The molecule has 2 aliphatic rings. The van der Waals surface area contributed by atoms with Crippen molar-refractivity contribution >= 4 is 11.8 Å². The van der Waals surface area contributed by atoms with Crippen LogP contribution in [0.4, 0.5) is 0 Å². The highest BCUT2D eigenvalue weighted by molar-refractivity contribution is 6.03. The highest BCUT2D eigenvalue weighted by Crippen LogP contribution is 2.60. The molecule has 0 aromatic carbocycles. The van der Waals surface area contributed by atoms with Gasteiger partial charge in [-0.05, 0) is 43.8 Å². The fourth-order valence-electron chi connectivity index (χ4n) is 3.38. The van der Waals surface area contributed by atoms with E-state index in [1.54, 1.807) is 26.0 Å². The van der Waals surface area contributed by atoms with E-state index in [9.17, 15) is 9.59 Å². The van der Waals surface area contributed by atoms with Gasteiger partial charge in [0, 0.05) is 5.57 Å². The number of Topliss-reactive ketones (excluding diaryl/α,β-unsaturated/α-hetero) is 1. The number of nitriles is 1. The zero-order valence-corrected chi connectivity index (χ0v) is 15.3. The van der Waals surface area contributed by atoms with Crippen LogP contribution in [0.5, 0.6) is 0 Å². The number of hydrogen-bond acceptors (Lipinski definition) is 4. The van der Waals surface area contributed by atoms with Crippen LogP contribution >= 0.6 is 0 Å². The first kappa shape index (κ1) is 18.7. The minimum absolute atomic E-state index is 0.0397. The summed E-state index contributed by atoms with van der Waals surface area (Å²) in [6.07, 6.45) is 5.00. The van der Waals surface area contributed by atoms with Gasteiger partial charge < -0.3 is 4.74 Å². The topological polar surface area (TPSA) is 67.2 Å². The average Bonchev–Trinajstić information content (AvgIpc) is 3.00. The third-order valence-electron chi connectivity index (χ3n) is 5.03. The quantitative estimate of drug-likeness (QED) is 0.341. The summed E-state index contributed by atoms with van der Waals surface area (Å²) in [5.74, 6) is 4.80. The summed E-state index contributed by atoms with van der Waals surface area (Å²) >= 11 is 0. The molecule has 0 amide bonds. The van der Waals surface area contributed by atoms with Crippen LogP contribution in [0.2, 0.25) is 0 Å². The van der Waals surface area contributed by atoms with Crippen LogP contribution in [0.25, 0.3) is 0 Å². The van der Waals surface area contributed by atoms with E-state index in [1.165, 1.54) is 0 Å². The lowest BCUT2D eigenvalue weighted by molar-refractivity contribution is -0.150. The molecule has 130 valence electrons. The molecule has 0 saturated heterocycles. The second-order valence-corrected chi connectivity index (χ2v) is 7.04. The summed E-state index contributed by atoms with van der Waals surface area (Å²) in [4.78, 5) is 24.6. The fraction of sp³-hybridized carbons (Fsp3) is 0.476. The van der Waals surface area contributed by atoms with Crippen LogP contribution in [0.15, 0.2) is 34.9 Å². The second kappa shape index (κ2) is 7.11. The van der Waals surface area contributed by atoms with Crippen molar-refractivity contribution in [2.45, 2.75) is 47.1 Å². The lowest BCUT2D eigenvalue weighted by atomic mass is 10.1. The number of esters is 1. The molecule has 0 spiro atoms. The number of ether oxygens (including phenoxy) is 1. The van der Waals surface area contributed by atoms with Crippen LogP contribution in [0, 0.1) is 40.4 Å². The molecule has 1 fully saturated rings. The number of carbonyl (C=O) groups is 2. The van der Waals surface area contributed by atoms with Crippen LogP contribution < -0.4 is 0 Å². The molecule has 25 heavy (non-hydrogen) atoms. The lowest BCUT2D eigenvalue weighted by Gasteiger charge is -2.13. The summed E-state index contributed by atoms with van der Waals surface area (Å²) in [6, 6.07) is 2.13. The number of hydrogen-bond donors (Lipinski definition) is 0. The largest absolute Gasteiger partial charge is 0.457 e. The van der Waals surface area contributed by atoms with Gasteiger partial charge in [0.25, 0.3) is 0 Å². The van der Waals surface area contributed by atoms with Gasteiger partial charge in [0.2, 0.25) is 0 Å². The van der Waals surface area contributed by atoms with Crippen molar-refractivity contribution in [2.75, 3.05) is 0 Å². The zero-order valence-electron chi connectivity index (χ0n) is 15.3. The third-order valence-corrected chi connectivity index (χ3v) is 5.03. The Balaban J connectivity index is 2.13. The van der Waals surface area contributed by atoms with Gasteiger partial charge in [0.15, 0.2) is 5.78 Å². The number of ketones is 1. The molecule has 0 radical (unpaired) electrons. The van der Waals surface area contributed by atoms with Gasteiger partial charge in [0.05, 0.1) is 24.0 Å². The Hall–Kier alpha value is -2.59. The second-order valence-electron chi connectivity index (χ2n) is 7.04. The van der Waals surface area contributed by atoms with Gasteiger partial charge in [-0.1, -0.05) is 31.9 Å². The first-order chi connectivity index (χ1) is 11.8. The molecule has 3 atom stereocenters. The Morgan fingerprint density at radius 3 is 2.64 bits per heavy atom. The van der Waals surface area contributed by atoms with Crippen molar-refractivity contribution in [1.82, 2.24) is 0 Å². The maximum atomic E-state index is 12.6. The molecule has 0 aromatic heterocycles. The molecule has 2 rings (SSSR count). The SMILES string of the molecule is CC#CC1=C(C)[C@@H](OC(=O)[C@@H]2[C@@H](/C=C(C#N)/C=C/C)C2(C)C)CC1=O. The molecule has 0 unspecified atom stereocenters. The summed E-state index contributed by atoms with van der Waals surface area (Å²) in [6.45, 7) is 9.28. The Bertz CT molecular complexity index is 793. The highest BCUT2D eigenvalue weighted by Gasteiger charge is 2.62. The number of nitrogens with zero attached hydrogens (tertiary/aromatic N) is 1. The van der Waals surface area contributed by atoms with Crippen molar-refractivity contribution < 1.29 is 14.3 Å². The minimum Gasteiger partial charge on any atom is -0.457 e. The Labute approximate surface area is 149 Å². The van der Waals surface area contributed by atoms with E-state index >= 15 is 0 Å². The fourth-order valence-corrected chi connectivity index (χ4v) is 3.38. The van der Waals surface area contributed by atoms with E-state index in [1.807, 2.05) is 26.8 Å². The molecule has 0 bridgehead atoms. The molecular weight excluding hydrogens is 314 g/mol. The molecule has 0 aromatic rings. The first-order valence-electron chi connectivity index (χ1n) is 8.39. The molecule has 0 N–H and O–H groups in total. The predicted molar refractivity (Wildman–Crippen MR) is 94.9 cm³/mol. The van der Waals surface area contributed by atoms with Crippen molar-refractivity contribution in [3.05, 3.63) is 34.9 Å². The predicted octanol–water partition coefficient (Wildman–Crippen LogP) is 3.51. The molecule has 0 heterocycles. The van der Waals surface area contributed by atoms with Crippen molar-refractivity contribution in [2.24, 2.45) is 17.3 Å². The monoisotopic (exact) mass is 337 g/mol. The van der Waals surface area contributed by atoms with Crippen LogP contribution in [-0.2, 0) is 14.3 Å². The maximum absolute atomic E-state index is 12.6. The van der Waals surface area contributed by atoms with Gasteiger partial charge >= 0.3 is 5.97 Å². The van der Waals surface area contributed by atoms with E-state index in [0.717, 1.165) is 5.57 Å². The average molecular weight is 337 g/mol. The Kier molecular flexibility index (Phi) is 5.33. The summed E-state index contributed by atoms with van der Waals surface area (Å²) in [5.41, 5.74) is 1.48. The lowest BCUT2D eigenvalue weighted by Crippen LogP contribution is -2.20. The van der Waals surface area contributed by atoms with E-state index < -0.39 is 6.10 Å². The number of rotatable bonds is 4. The van der Waals surface area contributed by atoms with Gasteiger partial charge in [-0.2, -0.15) is 5.26 Å². The van der Waals surface area contributed by atoms with Gasteiger partial charge in [0.1, 0.15) is 6.10 Å². The van der Waals surface area contributed by atoms with E-state index in [2.05, 4.69) is 17.9 Å². The standard InChI is InChI=1S/C21H23NO3/c1-6-8-14(12-22)10-16-19(21(16,4)5)20(24)25-18-11-17(23)15(9-7-2)13(18)3/h6,8,10,16,18-19H,11H2,1-5H3/b8-6+,14-10-/t16-,18+,19+/m1/s1. The van der Waals surface area contributed by atoms with Crippen LogP contribution in [0.3, 0.4) is 0 Å². The van der Waals surface area contributed by atoms with Crippen LogP contribution in [0.1, 0.15) is 41.0 Å². The maximum Gasteiger partial charge on any atom is 0.310 e. The zero-order chi connectivity index (χ0) is 18.8. The van der Waals surface area contributed by atoms with Crippen molar-refractivity contribution in [3.8, 4) is 17.9 Å². The van der Waals surface area contributed by atoms with E-state index in [4.69, 9.17) is 10.00 Å². The molecule has 0 aliphatic heterocycles.